The minimum Gasteiger partial charge on any atom is -0.495 e. The molecule has 4 atom stereocenters. The van der Waals surface area contributed by atoms with Gasteiger partial charge in [0.25, 0.3) is 0 Å². The molecule has 128 valence electrons. The fourth-order valence-electron chi connectivity index (χ4n) is 5.84. The first-order chi connectivity index (χ1) is 11.8. The summed E-state index contributed by atoms with van der Waals surface area (Å²) in [5.74, 6) is 4.60. The largest absolute Gasteiger partial charge is 0.495 e. The van der Waals surface area contributed by atoms with Crippen molar-refractivity contribution in [2.45, 2.75) is 38.0 Å². The van der Waals surface area contributed by atoms with Crippen molar-refractivity contribution in [3.63, 3.8) is 0 Å². The van der Waals surface area contributed by atoms with Crippen molar-refractivity contribution >= 4 is 21.4 Å². The zero-order valence-electron chi connectivity index (χ0n) is 14.5. The molecular weight excluding hydrogens is 314 g/mol. The van der Waals surface area contributed by atoms with Gasteiger partial charge in [-0.3, -0.25) is 0 Å². The predicted molar refractivity (Wildman–Crippen MR) is 101 cm³/mol. The molecule has 1 aromatic heterocycles. The van der Waals surface area contributed by atoms with Gasteiger partial charge in [0.1, 0.15) is 5.75 Å². The van der Waals surface area contributed by atoms with Crippen LogP contribution in [-0.2, 0) is 0 Å². The molecule has 1 aliphatic heterocycles. The van der Waals surface area contributed by atoms with Gasteiger partial charge in [-0.15, -0.1) is 11.3 Å². The van der Waals surface area contributed by atoms with Crippen molar-refractivity contribution in [1.29, 1.82) is 0 Å². The van der Waals surface area contributed by atoms with E-state index in [0.29, 0.717) is 0 Å². The van der Waals surface area contributed by atoms with E-state index in [0.717, 1.165) is 29.4 Å². The van der Waals surface area contributed by atoms with Crippen LogP contribution in [0, 0.1) is 17.8 Å². The molecule has 0 radical (unpaired) electrons. The van der Waals surface area contributed by atoms with Crippen molar-refractivity contribution in [1.82, 2.24) is 4.90 Å². The molecule has 3 aliphatic rings. The molecule has 2 heterocycles. The first-order valence-corrected chi connectivity index (χ1v) is 10.5. The predicted octanol–water partition coefficient (Wildman–Crippen LogP) is 5.14. The molecule has 1 aromatic carbocycles. The highest BCUT2D eigenvalue weighted by atomic mass is 32.1. The summed E-state index contributed by atoms with van der Waals surface area (Å²) in [4.78, 5) is 2.74. The lowest BCUT2D eigenvalue weighted by Crippen LogP contribution is -2.33. The summed E-state index contributed by atoms with van der Waals surface area (Å²) >= 11 is 1.80. The summed E-state index contributed by atoms with van der Waals surface area (Å²) < 4.78 is 6.94. The van der Waals surface area contributed by atoms with Crippen molar-refractivity contribution in [3.8, 4) is 5.75 Å². The molecule has 3 fully saturated rings. The third-order valence-electron chi connectivity index (χ3n) is 6.92. The lowest BCUT2D eigenvalue weighted by atomic mass is 9.75. The minimum atomic E-state index is 0.776. The monoisotopic (exact) mass is 341 g/mol. The Morgan fingerprint density at radius 1 is 1.17 bits per heavy atom. The molecular formula is C21H27NOS. The average molecular weight is 342 g/mol. The summed E-state index contributed by atoms with van der Waals surface area (Å²) in [6.07, 6.45) is 7.21. The number of methoxy groups -OCH3 is 1. The Morgan fingerprint density at radius 2 is 2.00 bits per heavy atom. The van der Waals surface area contributed by atoms with Gasteiger partial charge in [0.2, 0.25) is 0 Å². The highest BCUT2D eigenvalue weighted by Gasteiger charge is 2.48. The molecule has 0 unspecified atom stereocenters. The topological polar surface area (TPSA) is 12.5 Å². The van der Waals surface area contributed by atoms with Gasteiger partial charge in [0.05, 0.1) is 7.11 Å². The maximum absolute atomic E-state index is 5.58. The molecule has 2 aromatic rings. The van der Waals surface area contributed by atoms with Gasteiger partial charge < -0.3 is 9.64 Å². The van der Waals surface area contributed by atoms with Crippen LogP contribution in [-0.4, -0.2) is 31.6 Å². The van der Waals surface area contributed by atoms with Crippen molar-refractivity contribution in [3.05, 3.63) is 29.1 Å². The molecule has 2 nitrogen and oxygen atoms in total. The molecule has 0 N–H and O–H groups in total. The Labute approximate surface area is 148 Å². The number of nitrogens with zero attached hydrogens (tertiary/aromatic N) is 1. The molecule has 24 heavy (non-hydrogen) atoms. The van der Waals surface area contributed by atoms with Crippen LogP contribution in [0.4, 0.5) is 0 Å². The number of thiophene rings is 1. The first kappa shape index (κ1) is 15.2. The van der Waals surface area contributed by atoms with E-state index in [1.165, 1.54) is 61.8 Å². The van der Waals surface area contributed by atoms with Crippen molar-refractivity contribution in [2.24, 2.45) is 17.8 Å². The number of fused-ring (bicyclic) bond motifs is 3. The van der Waals surface area contributed by atoms with Crippen LogP contribution in [0.2, 0.25) is 0 Å². The van der Waals surface area contributed by atoms with Crippen LogP contribution in [0.15, 0.2) is 23.6 Å². The van der Waals surface area contributed by atoms with E-state index in [4.69, 9.17) is 4.74 Å². The van der Waals surface area contributed by atoms with Crippen molar-refractivity contribution in [2.75, 3.05) is 26.7 Å². The molecule has 5 rings (SSSR count). The minimum absolute atomic E-state index is 0.776. The van der Waals surface area contributed by atoms with Gasteiger partial charge in [-0.05, 0) is 86.6 Å². The highest BCUT2D eigenvalue weighted by molar-refractivity contribution is 7.17. The third-order valence-corrected chi connectivity index (χ3v) is 7.86. The zero-order valence-corrected chi connectivity index (χ0v) is 15.4. The fourth-order valence-corrected chi connectivity index (χ4v) is 6.73. The smallest absolute Gasteiger partial charge is 0.137 e. The number of hydrogen-bond acceptors (Lipinski definition) is 3. The third kappa shape index (κ3) is 2.40. The van der Waals surface area contributed by atoms with E-state index in [1.807, 2.05) is 0 Å². The number of ether oxygens (including phenoxy) is 1. The van der Waals surface area contributed by atoms with Gasteiger partial charge >= 0.3 is 0 Å². The van der Waals surface area contributed by atoms with E-state index in [-0.39, 0.29) is 0 Å². The van der Waals surface area contributed by atoms with E-state index in [1.54, 1.807) is 24.0 Å². The van der Waals surface area contributed by atoms with Crippen LogP contribution >= 0.6 is 11.3 Å². The standard InChI is InChI=1S/C21H27NOS/c1-23-19-13-24-20-7-6-16(11-17(19)20)21-15-5-4-14(10-15)18(21)12-22-8-2-3-9-22/h6-7,11,13-15,18,21H,2-5,8-10,12H2,1H3/t14-,15+,18-,21+/m0/s1. The molecule has 1 saturated heterocycles. The lowest BCUT2D eigenvalue weighted by molar-refractivity contribution is 0.197. The molecule has 0 amide bonds. The van der Waals surface area contributed by atoms with Crippen LogP contribution in [0.5, 0.6) is 5.75 Å². The molecule has 2 bridgehead atoms. The van der Waals surface area contributed by atoms with Gasteiger partial charge in [0, 0.05) is 22.0 Å². The summed E-state index contributed by atoms with van der Waals surface area (Å²) in [6, 6.07) is 7.20. The second-order valence-corrected chi connectivity index (χ2v) is 9.00. The van der Waals surface area contributed by atoms with E-state index < -0.39 is 0 Å². The number of hydrogen-bond donors (Lipinski definition) is 0. The lowest BCUT2D eigenvalue weighted by Gasteiger charge is -2.34. The first-order valence-electron chi connectivity index (χ1n) is 9.61. The Balaban J connectivity index is 1.48. The Morgan fingerprint density at radius 3 is 2.83 bits per heavy atom. The zero-order chi connectivity index (χ0) is 16.1. The molecule has 2 aliphatic carbocycles. The van der Waals surface area contributed by atoms with E-state index in [2.05, 4.69) is 28.5 Å². The molecule has 0 spiro atoms. The summed E-state index contributed by atoms with van der Waals surface area (Å²) in [5.41, 5.74) is 1.58. The van der Waals surface area contributed by atoms with Gasteiger partial charge in [-0.2, -0.15) is 0 Å². The van der Waals surface area contributed by atoms with Gasteiger partial charge in [0.15, 0.2) is 0 Å². The summed E-state index contributed by atoms with van der Waals surface area (Å²) in [7, 11) is 1.79. The molecule has 3 heteroatoms. The maximum atomic E-state index is 5.58. The summed E-state index contributed by atoms with van der Waals surface area (Å²) in [5, 5.41) is 3.47. The normalized spacial score (nSPS) is 32.9. The van der Waals surface area contributed by atoms with Gasteiger partial charge in [-0.1, -0.05) is 6.07 Å². The van der Waals surface area contributed by atoms with Crippen LogP contribution in [0.1, 0.15) is 43.6 Å². The second kappa shape index (κ2) is 6.03. The van der Waals surface area contributed by atoms with Crippen LogP contribution < -0.4 is 4.74 Å². The second-order valence-electron chi connectivity index (χ2n) is 8.09. The quantitative estimate of drug-likeness (QED) is 0.764. The Bertz CT molecular complexity index is 733. The number of likely N-dealkylation sites (tertiary alicyclic amines) is 1. The van der Waals surface area contributed by atoms with Crippen LogP contribution in [0.3, 0.4) is 0 Å². The Hall–Kier alpha value is -1.06. The maximum Gasteiger partial charge on any atom is 0.137 e. The van der Waals surface area contributed by atoms with Crippen molar-refractivity contribution < 1.29 is 4.74 Å². The van der Waals surface area contributed by atoms with E-state index in [9.17, 15) is 0 Å². The SMILES string of the molecule is COc1csc2ccc([C@H]3[C@@H]4CC[C@@H](C4)[C@@H]3CN3CCCC3)cc12. The number of rotatable bonds is 4. The van der Waals surface area contributed by atoms with Crippen LogP contribution in [0.25, 0.3) is 10.1 Å². The Kier molecular flexibility index (Phi) is 3.82. The summed E-state index contributed by atoms with van der Waals surface area (Å²) in [6.45, 7) is 4.00. The van der Waals surface area contributed by atoms with E-state index >= 15 is 0 Å². The fraction of sp³-hybridized carbons (Fsp3) is 0.619. The molecule has 2 saturated carbocycles. The number of benzene rings is 1. The van der Waals surface area contributed by atoms with Gasteiger partial charge in [-0.25, -0.2) is 0 Å². The average Bonchev–Trinajstić information content (AvgIpc) is 3.38. The highest BCUT2D eigenvalue weighted by Crippen LogP contribution is 2.57.